The highest BCUT2D eigenvalue weighted by molar-refractivity contribution is 5.79. The first-order valence-electron chi connectivity index (χ1n) is 9.03. The molecule has 1 saturated heterocycles. The quantitative estimate of drug-likeness (QED) is 0.749. The Balaban J connectivity index is 1.48. The van der Waals surface area contributed by atoms with E-state index in [9.17, 15) is 9.59 Å². The van der Waals surface area contributed by atoms with Gasteiger partial charge in [0.25, 0.3) is 11.8 Å². The van der Waals surface area contributed by atoms with Crippen LogP contribution in [0.15, 0.2) is 0 Å². The van der Waals surface area contributed by atoms with Crippen LogP contribution in [0.5, 0.6) is 0 Å². The molecular weight excluding hydrogens is 278 g/mol. The third kappa shape index (κ3) is 4.00. The predicted molar refractivity (Wildman–Crippen MR) is 84.5 cm³/mol. The molecule has 1 heterocycles. The zero-order valence-electron chi connectivity index (χ0n) is 13.8. The highest BCUT2D eigenvalue weighted by Crippen LogP contribution is 2.35. The minimum absolute atomic E-state index is 0.0852. The number of hydrogen-bond acceptors (Lipinski definition) is 2. The summed E-state index contributed by atoms with van der Waals surface area (Å²) in [5.74, 6) is 1.06. The van der Waals surface area contributed by atoms with Gasteiger partial charge in [0.1, 0.15) is 0 Å². The lowest BCUT2D eigenvalue weighted by Crippen LogP contribution is -3.11. The number of rotatable bonds is 5. The first-order chi connectivity index (χ1) is 10.6. The van der Waals surface area contributed by atoms with Gasteiger partial charge in [-0.3, -0.25) is 9.59 Å². The Labute approximate surface area is 133 Å². The summed E-state index contributed by atoms with van der Waals surface area (Å²) in [4.78, 5) is 27.6. The molecule has 2 N–H and O–H groups in total. The SMILES string of the molecule is C[NH+](CC(=O)NC1CC1)CC(=O)N1CCC[C@@H]2CCCC[C@@H]21. The second kappa shape index (κ2) is 6.99. The number of quaternary nitrogens is 1. The molecule has 0 aromatic carbocycles. The number of fused-ring (bicyclic) bond motifs is 1. The average molecular weight is 308 g/mol. The molecule has 2 saturated carbocycles. The van der Waals surface area contributed by atoms with Crippen LogP contribution in [0.2, 0.25) is 0 Å². The van der Waals surface area contributed by atoms with Crippen LogP contribution in [0.4, 0.5) is 0 Å². The van der Waals surface area contributed by atoms with Crippen molar-refractivity contribution in [2.75, 3.05) is 26.7 Å². The molecule has 0 bridgehead atoms. The third-order valence-corrected chi connectivity index (χ3v) is 5.42. The lowest BCUT2D eigenvalue weighted by molar-refractivity contribution is -0.863. The molecule has 0 spiro atoms. The van der Waals surface area contributed by atoms with Crippen LogP contribution in [0.1, 0.15) is 51.4 Å². The smallest absolute Gasteiger partial charge is 0.278 e. The Hall–Kier alpha value is -1.10. The summed E-state index contributed by atoms with van der Waals surface area (Å²) in [6, 6.07) is 0.879. The van der Waals surface area contributed by atoms with Crippen LogP contribution in [0.3, 0.4) is 0 Å². The fraction of sp³-hybridized carbons (Fsp3) is 0.882. The van der Waals surface area contributed by atoms with E-state index in [4.69, 9.17) is 0 Å². The van der Waals surface area contributed by atoms with Crippen LogP contribution in [-0.2, 0) is 9.59 Å². The summed E-state index contributed by atoms with van der Waals surface area (Å²) in [5, 5.41) is 3.00. The number of likely N-dealkylation sites (N-methyl/N-ethyl adjacent to an activating group) is 1. The van der Waals surface area contributed by atoms with E-state index < -0.39 is 0 Å². The Morgan fingerprint density at radius 1 is 1.05 bits per heavy atom. The lowest BCUT2D eigenvalue weighted by Gasteiger charge is -2.44. The van der Waals surface area contributed by atoms with Gasteiger partial charge in [0.05, 0.1) is 7.05 Å². The van der Waals surface area contributed by atoms with Gasteiger partial charge in [-0.15, -0.1) is 0 Å². The first kappa shape index (κ1) is 15.8. The molecule has 1 unspecified atom stereocenters. The van der Waals surface area contributed by atoms with E-state index in [1.807, 2.05) is 7.05 Å². The van der Waals surface area contributed by atoms with E-state index in [0.29, 0.717) is 25.2 Å². The van der Waals surface area contributed by atoms with E-state index in [2.05, 4.69) is 10.2 Å². The van der Waals surface area contributed by atoms with Gasteiger partial charge in [0.15, 0.2) is 13.1 Å². The molecule has 3 atom stereocenters. The third-order valence-electron chi connectivity index (χ3n) is 5.42. The van der Waals surface area contributed by atoms with Gasteiger partial charge in [-0.1, -0.05) is 12.8 Å². The summed E-state index contributed by atoms with van der Waals surface area (Å²) >= 11 is 0. The Kier molecular flexibility index (Phi) is 5.01. The van der Waals surface area contributed by atoms with E-state index in [0.717, 1.165) is 36.6 Å². The van der Waals surface area contributed by atoms with Crippen molar-refractivity contribution in [2.45, 2.75) is 63.5 Å². The number of carbonyl (C=O) groups excluding carboxylic acids is 2. The number of likely N-dealkylation sites (tertiary alicyclic amines) is 1. The molecule has 124 valence electrons. The van der Waals surface area contributed by atoms with E-state index in [-0.39, 0.29) is 11.8 Å². The highest BCUT2D eigenvalue weighted by atomic mass is 16.2. The molecule has 1 aliphatic heterocycles. The molecule has 0 radical (unpaired) electrons. The molecule has 3 rings (SSSR count). The predicted octanol–water partition coefficient (Wildman–Crippen LogP) is -0.0391. The monoisotopic (exact) mass is 308 g/mol. The molecule has 3 aliphatic rings. The maximum Gasteiger partial charge on any atom is 0.278 e. The van der Waals surface area contributed by atoms with Crippen molar-refractivity contribution in [3.63, 3.8) is 0 Å². The number of nitrogens with one attached hydrogen (secondary N) is 2. The Bertz CT molecular complexity index is 420. The molecule has 2 amide bonds. The topological polar surface area (TPSA) is 53.9 Å². The fourth-order valence-corrected chi connectivity index (χ4v) is 4.14. The van der Waals surface area contributed by atoms with Crippen molar-refractivity contribution in [1.82, 2.24) is 10.2 Å². The molecule has 22 heavy (non-hydrogen) atoms. The minimum atomic E-state index is 0.0852. The number of piperidine rings is 1. The van der Waals surface area contributed by atoms with Gasteiger partial charge in [-0.2, -0.15) is 0 Å². The highest BCUT2D eigenvalue weighted by Gasteiger charge is 2.36. The van der Waals surface area contributed by atoms with Crippen LogP contribution in [0.25, 0.3) is 0 Å². The zero-order valence-corrected chi connectivity index (χ0v) is 13.8. The molecule has 5 nitrogen and oxygen atoms in total. The van der Waals surface area contributed by atoms with Crippen molar-refractivity contribution in [2.24, 2.45) is 5.92 Å². The van der Waals surface area contributed by atoms with E-state index in [1.54, 1.807) is 0 Å². The first-order valence-corrected chi connectivity index (χ1v) is 9.03. The standard InChI is InChI=1S/C17H29N3O2/c1-19(11-16(21)18-14-8-9-14)12-17(22)20-10-4-6-13-5-2-3-7-15(13)20/h13-15H,2-12H2,1H3,(H,18,21)/p+1/t13-,15-/m0/s1. The van der Waals surface area contributed by atoms with Crippen molar-refractivity contribution in [1.29, 1.82) is 0 Å². The number of carbonyl (C=O) groups is 2. The van der Waals surface area contributed by atoms with Crippen molar-refractivity contribution >= 4 is 11.8 Å². The van der Waals surface area contributed by atoms with Gasteiger partial charge < -0.3 is 15.1 Å². The average Bonchev–Trinajstić information content (AvgIpc) is 3.30. The maximum atomic E-state index is 12.7. The Morgan fingerprint density at radius 2 is 1.77 bits per heavy atom. The molecule has 2 aliphatic carbocycles. The van der Waals surface area contributed by atoms with Crippen LogP contribution in [0, 0.1) is 5.92 Å². The van der Waals surface area contributed by atoms with Crippen LogP contribution < -0.4 is 10.2 Å². The van der Waals surface area contributed by atoms with E-state index >= 15 is 0 Å². The van der Waals surface area contributed by atoms with E-state index in [1.165, 1.54) is 32.1 Å². The lowest BCUT2D eigenvalue weighted by atomic mass is 9.78. The largest absolute Gasteiger partial charge is 0.348 e. The summed E-state index contributed by atoms with van der Waals surface area (Å²) in [6.07, 6.45) is 9.72. The molecule has 0 aromatic heterocycles. The summed E-state index contributed by atoms with van der Waals surface area (Å²) in [7, 11) is 1.95. The van der Waals surface area contributed by atoms with Crippen molar-refractivity contribution in [3.05, 3.63) is 0 Å². The molecule has 3 fully saturated rings. The zero-order chi connectivity index (χ0) is 15.5. The summed E-state index contributed by atoms with van der Waals surface area (Å²) in [6.45, 7) is 1.77. The normalized spacial score (nSPS) is 29.6. The number of amides is 2. The van der Waals surface area contributed by atoms with Gasteiger partial charge >= 0.3 is 0 Å². The second-order valence-electron chi connectivity index (χ2n) is 7.49. The fourth-order valence-electron chi connectivity index (χ4n) is 4.14. The van der Waals surface area contributed by atoms with Gasteiger partial charge in [-0.05, 0) is 44.4 Å². The van der Waals surface area contributed by atoms with Gasteiger partial charge in [-0.25, -0.2) is 0 Å². The van der Waals surface area contributed by atoms with Gasteiger partial charge in [0.2, 0.25) is 0 Å². The summed E-state index contributed by atoms with van der Waals surface area (Å²) in [5.41, 5.74) is 0. The van der Waals surface area contributed by atoms with Crippen molar-refractivity contribution < 1.29 is 14.5 Å². The maximum absolute atomic E-state index is 12.7. The van der Waals surface area contributed by atoms with Crippen molar-refractivity contribution in [3.8, 4) is 0 Å². The minimum Gasteiger partial charge on any atom is -0.348 e. The molecular formula is C17H30N3O2+. The van der Waals surface area contributed by atoms with Crippen LogP contribution >= 0.6 is 0 Å². The molecule has 5 heteroatoms. The number of nitrogens with zero attached hydrogens (tertiary/aromatic N) is 1. The van der Waals surface area contributed by atoms with Gasteiger partial charge in [0, 0.05) is 18.6 Å². The summed E-state index contributed by atoms with van der Waals surface area (Å²) < 4.78 is 0. The second-order valence-corrected chi connectivity index (χ2v) is 7.49. The molecule has 0 aromatic rings. The van der Waals surface area contributed by atoms with Crippen LogP contribution in [-0.4, -0.2) is 55.5 Å². The number of hydrogen-bond donors (Lipinski definition) is 2. The Morgan fingerprint density at radius 3 is 2.55 bits per heavy atom.